The maximum absolute atomic E-state index is 13.5. The Morgan fingerprint density at radius 1 is 1.17 bits per heavy atom. The van der Waals surface area contributed by atoms with Crippen LogP contribution >= 0.6 is 0 Å². The number of oxime groups is 1. The number of carbonyl (C=O) groups excluding carboxylic acids is 2. The minimum absolute atomic E-state index is 0.0613. The number of aromatic nitrogens is 3. The molecular weight excluding hydrogens is 463 g/mol. The zero-order valence-electron chi connectivity index (χ0n) is 20.2. The topological polar surface area (TPSA) is 150 Å². The molecule has 2 unspecified atom stereocenters. The average Bonchev–Trinajstić information content (AvgIpc) is 3.50. The minimum Gasteiger partial charge on any atom is -0.426 e. The van der Waals surface area contributed by atoms with Crippen molar-refractivity contribution in [2.24, 2.45) is 11.1 Å². The summed E-state index contributed by atoms with van der Waals surface area (Å²) in [6.45, 7) is 3.92. The molecule has 11 nitrogen and oxygen atoms in total. The summed E-state index contributed by atoms with van der Waals surface area (Å²) in [5.74, 6) is -1.61. The number of fused-ring (bicyclic) bond motifs is 1. The van der Waals surface area contributed by atoms with E-state index in [4.69, 9.17) is 4.84 Å². The van der Waals surface area contributed by atoms with E-state index in [-0.39, 0.29) is 31.2 Å². The first-order valence-corrected chi connectivity index (χ1v) is 11.8. The van der Waals surface area contributed by atoms with Crippen LogP contribution in [0, 0.1) is 5.92 Å². The Bertz CT molecular complexity index is 1250. The number of nitrogens with one attached hydrogen (secondary N) is 2. The van der Waals surface area contributed by atoms with Gasteiger partial charge in [-0.2, -0.15) is 5.10 Å². The highest BCUT2D eigenvalue weighted by molar-refractivity contribution is 6.43. The van der Waals surface area contributed by atoms with Crippen molar-refractivity contribution in [1.29, 1.82) is 0 Å². The standard InChI is InChI=1S/C24H29BN6O5/c1-16(2)11-20(25(34)35)29-23(33)24(12-17-7-4-3-5-8-17)13-18(30-36-24)14-26-22(32)19-9-6-10-21-27-15-28-31(19)21/h3-10,15-16,20,34-35H,11-14H2,1-2H3,(H,26,32)(H,29,33). The Morgan fingerprint density at radius 3 is 2.67 bits per heavy atom. The summed E-state index contributed by atoms with van der Waals surface area (Å²) in [6.07, 6.45) is 2.09. The second kappa shape index (κ2) is 10.9. The van der Waals surface area contributed by atoms with Crippen LogP contribution < -0.4 is 10.6 Å². The van der Waals surface area contributed by atoms with E-state index in [1.54, 1.807) is 18.2 Å². The van der Waals surface area contributed by atoms with Crippen LogP contribution in [0.4, 0.5) is 0 Å². The molecule has 0 fully saturated rings. The number of nitrogens with zero attached hydrogens (tertiary/aromatic N) is 4. The van der Waals surface area contributed by atoms with Crippen molar-refractivity contribution < 1.29 is 24.5 Å². The Hall–Kier alpha value is -3.77. The van der Waals surface area contributed by atoms with Gasteiger partial charge in [0.2, 0.25) is 5.60 Å². The van der Waals surface area contributed by atoms with Crippen molar-refractivity contribution in [3.05, 3.63) is 66.1 Å². The number of hydrogen-bond donors (Lipinski definition) is 4. The van der Waals surface area contributed by atoms with Crippen LogP contribution in [0.5, 0.6) is 0 Å². The molecule has 0 radical (unpaired) electrons. The zero-order valence-corrected chi connectivity index (χ0v) is 20.2. The maximum Gasteiger partial charge on any atom is 0.475 e. The van der Waals surface area contributed by atoms with Gasteiger partial charge in [0.1, 0.15) is 12.0 Å². The van der Waals surface area contributed by atoms with E-state index in [9.17, 15) is 19.6 Å². The third kappa shape index (κ3) is 5.72. The molecule has 2 amide bonds. The summed E-state index contributed by atoms with van der Waals surface area (Å²) in [5.41, 5.74) is 0.800. The molecule has 1 aliphatic rings. The van der Waals surface area contributed by atoms with Gasteiger partial charge in [0.15, 0.2) is 5.65 Å². The van der Waals surface area contributed by atoms with E-state index < -0.39 is 24.6 Å². The van der Waals surface area contributed by atoms with Crippen molar-refractivity contribution in [1.82, 2.24) is 25.2 Å². The van der Waals surface area contributed by atoms with E-state index in [1.807, 2.05) is 44.2 Å². The summed E-state index contributed by atoms with van der Waals surface area (Å²) in [5, 5.41) is 33.3. The molecule has 1 aliphatic heterocycles. The SMILES string of the molecule is CC(C)CC(NC(=O)C1(Cc2ccccc2)CC(CNC(=O)c2cccc3ncnn23)=NO1)B(O)O. The fourth-order valence-corrected chi connectivity index (χ4v) is 4.22. The number of amides is 2. The number of benzene rings is 1. The fourth-order valence-electron chi connectivity index (χ4n) is 4.22. The first-order chi connectivity index (χ1) is 17.3. The second-order valence-corrected chi connectivity index (χ2v) is 9.33. The fraction of sp³-hybridized carbons (Fsp3) is 0.375. The summed E-state index contributed by atoms with van der Waals surface area (Å²) in [4.78, 5) is 36.1. The van der Waals surface area contributed by atoms with Gasteiger partial charge in [0.25, 0.3) is 11.8 Å². The molecule has 1 aromatic carbocycles. The highest BCUT2D eigenvalue weighted by atomic mass is 16.7. The summed E-state index contributed by atoms with van der Waals surface area (Å²) < 4.78 is 1.44. The molecule has 2 aromatic heterocycles. The van der Waals surface area contributed by atoms with Gasteiger partial charge in [-0.05, 0) is 30.0 Å². The molecule has 188 valence electrons. The molecule has 0 aliphatic carbocycles. The smallest absolute Gasteiger partial charge is 0.426 e. The molecule has 4 rings (SSSR count). The lowest BCUT2D eigenvalue weighted by Crippen LogP contribution is -2.56. The molecule has 0 spiro atoms. The number of pyridine rings is 1. The quantitative estimate of drug-likeness (QED) is 0.305. The van der Waals surface area contributed by atoms with Crippen LogP contribution in [0.25, 0.3) is 5.65 Å². The van der Waals surface area contributed by atoms with Crippen molar-refractivity contribution in [3.63, 3.8) is 0 Å². The Kier molecular flexibility index (Phi) is 7.65. The average molecular weight is 492 g/mol. The lowest BCUT2D eigenvalue weighted by molar-refractivity contribution is -0.144. The minimum atomic E-state index is -1.72. The van der Waals surface area contributed by atoms with Gasteiger partial charge < -0.3 is 25.5 Å². The first kappa shape index (κ1) is 25.3. The number of carbonyl (C=O) groups is 2. The third-order valence-electron chi connectivity index (χ3n) is 5.97. The van der Waals surface area contributed by atoms with E-state index in [0.29, 0.717) is 23.5 Å². The molecule has 3 aromatic rings. The van der Waals surface area contributed by atoms with Gasteiger partial charge >= 0.3 is 7.12 Å². The second-order valence-electron chi connectivity index (χ2n) is 9.33. The van der Waals surface area contributed by atoms with Crippen molar-refractivity contribution >= 4 is 30.3 Å². The molecule has 2 atom stereocenters. The van der Waals surface area contributed by atoms with Crippen LogP contribution in [-0.4, -0.2) is 67.4 Å². The number of hydrogen-bond acceptors (Lipinski definition) is 8. The van der Waals surface area contributed by atoms with E-state index in [0.717, 1.165) is 5.56 Å². The Balaban J connectivity index is 1.48. The lowest BCUT2D eigenvalue weighted by Gasteiger charge is -2.29. The normalized spacial score (nSPS) is 18.0. The Labute approximate surface area is 208 Å². The summed E-state index contributed by atoms with van der Waals surface area (Å²) in [7, 11) is -1.72. The third-order valence-corrected chi connectivity index (χ3v) is 5.97. The first-order valence-electron chi connectivity index (χ1n) is 11.8. The lowest BCUT2D eigenvalue weighted by atomic mass is 9.74. The van der Waals surface area contributed by atoms with Gasteiger partial charge in [0, 0.05) is 12.8 Å². The van der Waals surface area contributed by atoms with E-state index in [2.05, 4.69) is 25.9 Å². The predicted molar refractivity (Wildman–Crippen MR) is 133 cm³/mol. The van der Waals surface area contributed by atoms with Crippen molar-refractivity contribution in [3.8, 4) is 0 Å². The van der Waals surface area contributed by atoms with Crippen LogP contribution in [0.1, 0.15) is 42.7 Å². The maximum atomic E-state index is 13.5. The highest BCUT2D eigenvalue weighted by Crippen LogP contribution is 2.29. The van der Waals surface area contributed by atoms with Gasteiger partial charge in [-0.25, -0.2) is 9.50 Å². The van der Waals surface area contributed by atoms with E-state index in [1.165, 1.54) is 10.8 Å². The summed E-state index contributed by atoms with van der Waals surface area (Å²) in [6, 6.07) is 14.4. The Morgan fingerprint density at radius 2 is 1.94 bits per heavy atom. The zero-order chi connectivity index (χ0) is 25.7. The molecule has 12 heteroatoms. The van der Waals surface area contributed by atoms with Crippen LogP contribution in [0.3, 0.4) is 0 Å². The van der Waals surface area contributed by atoms with Crippen molar-refractivity contribution in [2.75, 3.05) is 6.54 Å². The molecular formula is C24H29BN6O5. The van der Waals surface area contributed by atoms with Gasteiger partial charge in [-0.15, -0.1) is 0 Å². The van der Waals surface area contributed by atoms with Crippen LogP contribution in [0.15, 0.2) is 60.0 Å². The highest BCUT2D eigenvalue weighted by Gasteiger charge is 2.48. The monoisotopic (exact) mass is 492 g/mol. The molecule has 0 saturated heterocycles. The van der Waals surface area contributed by atoms with Gasteiger partial charge in [0.05, 0.1) is 18.2 Å². The van der Waals surface area contributed by atoms with Gasteiger partial charge in [-0.3, -0.25) is 9.59 Å². The summed E-state index contributed by atoms with van der Waals surface area (Å²) >= 11 is 0. The molecule has 0 bridgehead atoms. The van der Waals surface area contributed by atoms with Crippen molar-refractivity contribution in [2.45, 2.75) is 44.7 Å². The molecule has 3 heterocycles. The molecule has 4 N–H and O–H groups in total. The van der Waals surface area contributed by atoms with Gasteiger partial charge in [-0.1, -0.05) is 55.4 Å². The van der Waals surface area contributed by atoms with Crippen LogP contribution in [-0.2, 0) is 16.1 Å². The van der Waals surface area contributed by atoms with Crippen LogP contribution in [0.2, 0.25) is 0 Å². The largest absolute Gasteiger partial charge is 0.475 e. The molecule has 0 saturated carbocycles. The van der Waals surface area contributed by atoms with E-state index >= 15 is 0 Å². The number of rotatable bonds is 10. The predicted octanol–water partition coefficient (Wildman–Crippen LogP) is 0.760. The molecule has 36 heavy (non-hydrogen) atoms.